The average Bonchev–Trinajstić information content (AvgIpc) is 2.12. The van der Waals surface area contributed by atoms with E-state index in [4.69, 9.17) is 5.53 Å². The van der Waals surface area contributed by atoms with Crippen molar-refractivity contribution in [1.29, 1.82) is 0 Å². The fraction of sp³-hybridized carbons (Fsp3) is 0.857. The summed E-state index contributed by atoms with van der Waals surface area (Å²) >= 11 is 0. The maximum absolute atomic E-state index is 10.4. The highest BCUT2D eigenvalue weighted by atomic mass is 16.1. The number of hydrogen-bond donors (Lipinski definition) is 0. The van der Waals surface area contributed by atoms with Crippen molar-refractivity contribution >= 4 is 6.29 Å². The first-order valence-electron chi connectivity index (χ1n) is 4.00. The quantitative estimate of drug-likeness (QED) is 0.260. The van der Waals surface area contributed by atoms with E-state index in [1.807, 2.05) is 18.7 Å². The Morgan fingerprint density at radius 2 is 2.17 bits per heavy atom. The van der Waals surface area contributed by atoms with Gasteiger partial charge in [-0.05, 0) is 18.6 Å². The van der Waals surface area contributed by atoms with Crippen LogP contribution in [-0.2, 0) is 4.79 Å². The summed E-state index contributed by atoms with van der Waals surface area (Å²) in [5, 5.41) is 3.35. The van der Waals surface area contributed by atoms with Crippen molar-refractivity contribution in [2.24, 2.45) is 5.11 Å². The van der Waals surface area contributed by atoms with Gasteiger partial charge in [0.15, 0.2) is 0 Å². The Hall–Kier alpha value is -1.06. The first-order valence-corrected chi connectivity index (χ1v) is 4.00. The van der Waals surface area contributed by atoms with Gasteiger partial charge in [-0.3, -0.25) is 0 Å². The van der Waals surface area contributed by atoms with Gasteiger partial charge in [0.05, 0.1) is 0 Å². The summed E-state index contributed by atoms with van der Waals surface area (Å²) in [6.07, 6.45) is 0.679. The van der Waals surface area contributed by atoms with Crippen molar-refractivity contribution in [2.75, 3.05) is 19.6 Å². The van der Waals surface area contributed by atoms with E-state index in [2.05, 4.69) is 10.0 Å². The van der Waals surface area contributed by atoms with Gasteiger partial charge in [0.2, 0.25) is 0 Å². The van der Waals surface area contributed by atoms with Crippen LogP contribution in [0.4, 0.5) is 0 Å². The topological polar surface area (TPSA) is 69.1 Å². The predicted molar refractivity (Wildman–Crippen MR) is 46.8 cm³/mol. The zero-order valence-corrected chi connectivity index (χ0v) is 7.47. The van der Waals surface area contributed by atoms with Gasteiger partial charge in [-0.2, -0.15) is 0 Å². The van der Waals surface area contributed by atoms with Gasteiger partial charge in [-0.1, -0.05) is 19.0 Å². The number of likely N-dealkylation sites (N-methyl/N-ethyl adjacent to an activating group) is 1. The minimum absolute atomic E-state index is 0.514. The number of carbonyl (C=O) groups is 1. The lowest BCUT2D eigenvalue weighted by atomic mass is 10.3. The van der Waals surface area contributed by atoms with Gasteiger partial charge in [0.25, 0.3) is 0 Å². The van der Waals surface area contributed by atoms with Gasteiger partial charge in [0, 0.05) is 11.5 Å². The van der Waals surface area contributed by atoms with E-state index in [-0.39, 0.29) is 0 Å². The molecule has 0 bridgehead atoms. The van der Waals surface area contributed by atoms with Crippen LogP contribution in [-0.4, -0.2) is 36.9 Å². The first kappa shape index (κ1) is 10.9. The third-order valence-corrected chi connectivity index (χ3v) is 1.70. The molecule has 0 aliphatic heterocycles. The van der Waals surface area contributed by atoms with Crippen LogP contribution in [0.3, 0.4) is 0 Å². The predicted octanol–water partition coefficient (Wildman–Crippen LogP) is 1.21. The van der Waals surface area contributed by atoms with Crippen LogP contribution in [0.25, 0.3) is 10.4 Å². The second-order valence-electron chi connectivity index (χ2n) is 2.39. The Labute approximate surface area is 72.0 Å². The van der Waals surface area contributed by atoms with E-state index in [1.165, 1.54) is 0 Å². The molecule has 0 aliphatic rings. The maximum Gasteiger partial charge on any atom is 0.130 e. The lowest BCUT2D eigenvalue weighted by Crippen LogP contribution is -2.31. The molecule has 0 N–H and O–H groups in total. The molecule has 0 aliphatic carbocycles. The molecule has 0 aromatic heterocycles. The molecule has 0 heterocycles. The van der Waals surface area contributed by atoms with E-state index in [0.29, 0.717) is 12.8 Å². The van der Waals surface area contributed by atoms with Crippen LogP contribution >= 0.6 is 0 Å². The number of carbonyl (C=O) groups excluding carboxylic acids is 1. The molecule has 1 atom stereocenters. The van der Waals surface area contributed by atoms with E-state index >= 15 is 0 Å². The summed E-state index contributed by atoms with van der Waals surface area (Å²) in [5.74, 6) is 0. The molecule has 0 radical (unpaired) electrons. The molecule has 12 heavy (non-hydrogen) atoms. The molecule has 0 saturated carbocycles. The summed E-state index contributed by atoms with van der Waals surface area (Å²) in [6.45, 7) is 6.24. The van der Waals surface area contributed by atoms with Crippen molar-refractivity contribution in [3.05, 3.63) is 10.4 Å². The maximum atomic E-state index is 10.4. The summed E-state index contributed by atoms with van der Waals surface area (Å²) < 4.78 is 0. The van der Waals surface area contributed by atoms with Crippen molar-refractivity contribution < 1.29 is 4.79 Å². The third kappa shape index (κ3) is 3.95. The molecule has 1 unspecified atom stereocenters. The van der Waals surface area contributed by atoms with Crippen molar-refractivity contribution in [3.63, 3.8) is 0 Å². The van der Waals surface area contributed by atoms with E-state index in [9.17, 15) is 4.79 Å². The van der Waals surface area contributed by atoms with Crippen LogP contribution in [0.15, 0.2) is 5.11 Å². The fourth-order valence-electron chi connectivity index (χ4n) is 0.919. The average molecular weight is 170 g/mol. The molecule has 0 aromatic carbocycles. The Morgan fingerprint density at radius 1 is 1.58 bits per heavy atom. The summed E-state index contributed by atoms with van der Waals surface area (Å²) in [4.78, 5) is 15.0. The van der Waals surface area contributed by atoms with Crippen LogP contribution in [0.2, 0.25) is 0 Å². The van der Waals surface area contributed by atoms with Gasteiger partial charge < -0.3 is 9.69 Å². The summed E-state index contributed by atoms with van der Waals surface area (Å²) in [7, 11) is 0. The largest absolute Gasteiger partial charge is 0.303 e. The lowest BCUT2D eigenvalue weighted by Gasteiger charge is -2.18. The minimum Gasteiger partial charge on any atom is -0.303 e. The van der Waals surface area contributed by atoms with Crippen molar-refractivity contribution in [2.45, 2.75) is 19.9 Å². The lowest BCUT2D eigenvalue weighted by molar-refractivity contribution is -0.109. The fourth-order valence-corrected chi connectivity index (χ4v) is 0.919. The van der Waals surface area contributed by atoms with Gasteiger partial charge in [-0.25, -0.2) is 0 Å². The smallest absolute Gasteiger partial charge is 0.130 e. The second-order valence-corrected chi connectivity index (χ2v) is 2.39. The Kier molecular flexibility index (Phi) is 6.05. The SMILES string of the molecule is CCN(CC)CC(C=O)N=[N+]=[N-]. The molecule has 68 valence electrons. The highest BCUT2D eigenvalue weighted by Crippen LogP contribution is 1.94. The van der Waals surface area contributed by atoms with Gasteiger partial charge in [0.1, 0.15) is 12.3 Å². The zero-order chi connectivity index (χ0) is 9.40. The minimum atomic E-state index is -0.546. The normalized spacial score (nSPS) is 12.2. The van der Waals surface area contributed by atoms with E-state index < -0.39 is 6.04 Å². The van der Waals surface area contributed by atoms with E-state index in [1.54, 1.807) is 0 Å². The zero-order valence-electron chi connectivity index (χ0n) is 7.47. The van der Waals surface area contributed by atoms with Gasteiger partial charge in [-0.15, -0.1) is 0 Å². The number of rotatable bonds is 6. The molecule has 0 saturated heterocycles. The van der Waals surface area contributed by atoms with Crippen LogP contribution in [0.1, 0.15) is 13.8 Å². The standard InChI is InChI=1S/C7H14N4O/c1-3-11(4-2)5-7(6-12)9-10-8/h6-7H,3-5H2,1-2H3. The monoisotopic (exact) mass is 170 g/mol. The Balaban J connectivity index is 3.98. The number of hydrogen-bond acceptors (Lipinski definition) is 3. The summed E-state index contributed by atoms with van der Waals surface area (Å²) in [6, 6.07) is -0.546. The molecule has 0 fully saturated rings. The number of aldehydes is 1. The third-order valence-electron chi connectivity index (χ3n) is 1.70. The number of nitrogens with zero attached hydrogens (tertiary/aromatic N) is 4. The van der Waals surface area contributed by atoms with E-state index in [0.717, 1.165) is 13.1 Å². The molecule has 5 heteroatoms. The molecule has 5 nitrogen and oxygen atoms in total. The van der Waals surface area contributed by atoms with Crippen LogP contribution in [0.5, 0.6) is 0 Å². The highest BCUT2D eigenvalue weighted by molar-refractivity contribution is 5.58. The Morgan fingerprint density at radius 3 is 2.50 bits per heavy atom. The number of azide groups is 1. The van der Waals surface area contributed by atoms with Crippen molar-refractivity contribution in [1.82, 2.24) is 4.90 Å². The van der Waals surface area contributed by atoms with Crippen LogP contribution < -0.4 is 0 Å². The molecule has 0 spiro atoms. The van der Waals surface area contributed by atoms with Crippen molar-refractivity contribution in [3.8, 4) is 0 Å². The molecule has 0 amide bonds. The highest BCUT2D eigenvalue weighted by Gasteiger charge is 2.08. The molecular weight excluding hydrogens is 156 g/mol. The van der Waals surface area contributed by atoms with Crippen LogP contribution in [0, 0.1) is 0 Å². The first-order chi connectivity index (χ1) is 5.78. The van der Waals surface area contributed by atoms with Gasteiger partial charge >= 0.3 is 0 Å². The Bertz CT molecular complexity index is 172. The molecular formula is C7H14N4O. The second kappa shape index (κ2) is 6.64. The molecule has 0 aromatic rings. The summed E-state index contributed by atoms with van der Waals surface area (Å²) in [5.41, 5.74) is 8.11. The molecule has 0 rings (SSSR count).